The van der Waals surface area contributed by atoms with Crippen molar-refractivity contribution in [2.75, 3.05) is 10.7 Å². The maximum absolute atomic E-state index is 12.1. The van der Waals surface area contributed by atoms with E-state index in [4.69, 9.17) is 0 Å². The normalized spacial score (nSPS) is 10.7. The first-order valence-electron chi connectivity index (χ1n) is 7.03. The second-order valence-corrected chi connectivity index (χ2v) is 4.91. The van der Waals surface area contributed by atoms with E-state index in [1.165, 1.54) is 25.1 Å². The molecule has 0 aliphatic rings. The van der Waals surface area contributed by atoms with Gasteiger partial charge in [0.15, 0.2) is 5.78 Å². The van der Waals surface area contributed by atoms with Crippen molar-refractivity contribution in [2.24, 2.45) is 0 Å². The highest BCUT2D eigenvalue weighted by Gasteiger charge is 2.30. The predicted molar refractivity (Wildman–Crippen MR) is 85.3 cm³/mol. The molecule has 0 aromatic heterocycles. The third kappa shape index (κ3) is 6.05. The molecule has 0 radical (unpaired) electrons. The molecule has 3 N–H and O–H groups in total. The highest BCUT2D eigenvalue weighted by Crippen LogP contribution is 2.23. The topological polar surface area (TPSA) is 79.5 Å². The lowest BCUT2D eigenvalue weighted by Gasteiger charge is -2.12. The number of anilines is 2. The summed E-state index contributed by atoms with van der Waals surface area (Å²) in [6.45, 7) is 1.41. The quantitative estimate of drug-likeness (QED) is 0.562. The van der Waals surface area contributed by atoms with Crippen LogP contribution in [0.3, 0.4) is 0 Å². The molecular formula is C16H14F3N3O3. The average molecular weight is 353 g/mol. The molecule has 0 spiro atoms. The molecule has 0 unspecified atom stereocenters. The van der Waals surface area contributed by atoms with Crippen LogP contribution in [0.15, 0.2) is 48.5 Å². The number of ether oxygens (including phenoxy) is 1. The van der Waals surface area contributed by atoms with Gasteiger partial charge in [0.25, 0.3) is 0 Å². The summed E-state index contributed by atoms with van der Waals surface area (Å²) in [6.07, 6.45) is -4.76. The third-order valence-corrected chi connectivity index (χ3v) is 2.94. The number of hydrogen-bond donors (Lipinski definition) is 3. The Morgan fingerprint density at radius 1 is 1.00 bits per heavy atom. The second-order valence-electron chi connectivity index (χ2n) is 4.91. The van der Waals surface area contributed by atoms with Gasteiger partial charge in [-0.3, -0.25) is 15.6 Å². The molecule has 0 aliphatic carbocycles. The van der Waals surface area contributed by atoms with Crippen LogP contribution in [0.2, 0.25) is 0 Å². The molecule has 2 aromatic carbocycles. The highest BCUT2D eigenvalue weighted by atomic mass is 19.4. The summed E-state index contributed by atoms with van der Waals surface area (Å²) in [5.74, 6) is -0.508. The number of ketones is 1. The number of carbonyl (C=O) groups is 2. The van der Waals surface area contributed by atoms with Crippen molar-refractivity contribution in [2.45, 2.75) is 13.3 Å². The van der Waals surface area contributed by atoms with Gasteiger partial charge in [-0.15, -0.1) is 13.2 Å². The molecule has 25 heavy (non-hydrogen) atoms. The van der Waals surface area contributed by atoms with Gasteiger partial charge in [0.1, 0.15) is 5.75 Å². The molecule has 132 valence electrons. The molecule has 0 fully saturated rings. The lowest BCUT2D eigenvalue weighted by Crippen LogP contribution is -2.33. The Bertz CT molecular complexity index is 761. The number of alkyl halides is 3. The minimum absolute atomic E-state index is 0.136. The van der Waals surface area contributed by atoms with E-state index in [0.717, 1.165) is 12.1 Å². The summed E-state index contributed by atoms with van der Waals surface area (Å²) < 4.78 is 39.9. The summed E-state index contributed by atoms with van der Waals surface area (Å²) in [5, 5.41) is 2.51. The van der Waals surface area contributed by atoms with E-state index < -0.39 is 12.4 Å². The first-order valence-corrected chi connectivity index (χ1v) is 7.03. The molecule has 0 saturated heterocycles. The molecule has 0 bridgehead atoms. The fourth-order valence-electron chi connectivity index (χ4n) is 1.85. The number of rotatable bonds is 5. The number of hydrazine groups is 1. The third-order valence-electron chi connectivity index (χ3n) is 2.94. The van der Waals surface area contributed by atoms with Gasteiger partial charge in [-0.2, -0.15) is 0 Å². The van der Waals surface area contributed by atoms with Gasteiger partial charge >= 0.3 is 12.4 Å². The lowest BCUT2D eigenvalue weighted by molar-refractivity contribution is -0.274. The van der Waals surface area contributed by atoms with E-state index in [0.29, 0.717) is 16.9 Å². The van der Waals surface area contributed by atoms with E-state index in [1.807, 2.05) is 0 Å². The average Bonchev–Trinajstić information content (AvgIpc) is 2.53. The molecule has 2 amide bonds. The maximum Gasteiger partial charge on any atom is 0.573 e. The first kappa shape index (κ1) is 18.1. The maximum atomic E-state index is 12.1. The monoisotopic (exact) mass is 353 g/mol. The number of carbonyl (C=O) groups excluding carboxylic acids is 2. The molecule has 9 heteroatoms. The molecule has 2 aromatic rings. The van der Waals surface area contributed by atoms with Crippen molar-refractivity contribution >= 4 is 23.2 Å². The number of benzene rings is 2. The lowest BCUT2D eigenvalue weighted by atomic mass is 10.1. The van der Waals surface area contributed by atoms with E-state index in [-0.39, 0.29) is 11.5 Å². The molecule has 0 saturated carbocycles. The minimum atomic E-state index is -4.76. The van der Waals surface area contributed by atoms with E-state index in [1.54, 1.807) is 18.2 Å². The standard InChI is InChI=1S/C16H14F3N3O3/c1-10(23)11-3-2-4-13(9-11)20-15(24)22-21-12-5-7-14(8-6-12)25-16(17,18)19/h2-9,21H,1H3,(H2,20,22,24). The molecule has 0 heterocycles. The Hall–Kier alpha value is -3.23. The number of hydrogen-bond acceptors (Lipinski definition) is 4. The highest BCUT2D eigenvalue weighted by molar-refractivity contribution is 5.96. The van der Waals surface area contributed by atoms with Crippen LogP contribution in [0.25, 0.3) is 0 Å². The predicted octanol–water partition coefficient (Wildman–Crippen LogP) is 3.94. The van der Waals surface area contributed by atoms with Crippen LogP contribution in [0.4, 0.5) is 29.3 Å². The van der Waals surface area contributed by atoms with Crippen LogP contribution in [0.5, 0.6) is 5.75 Å². The molecule has 2 rings (SSSR count). The summed E-state index contributed by atoms with van der Waals surface area (Å²) in [5.41, 5.74) is 6.06. The zero-order valence-corrected chi connectivity index (χ0v) is 13.0. The van der Waals surface area contributed by atoms with Gasteiger partial charge in [0, 0.05) is 11.3 Å². The number of Topliss-reactive ketones (excluding diaryl/α,β-unsaturated/α-hetero) is 1. The van der Waals surface area contributed by atoms with Gasteiger partial charge in [0.05, 0.1) is 5.69 Å². The molecule has 6 nitrogen and oxygen atoms in total. The summed E-state index contributed by atoms with van der Waals surface area (Å²) >= 11 is 0. The minimum Gasteiger partial charge on any atom is -0.406 e. The van der Waals surface area contributed by atoms with E-state index >= 15 is 0 Å². The van der Waals surface area contributed by atoms with E-state index in [9.17, 15) is 22.8 Å². The van der Waals surface area contributed by atoms with Crippen molar-refractivity contribution in [1.29, 1.82) is 0 Å². The Balaban J connectivity index is 1.87. The zero-order valence-electron chi connectivity index (χ0n) is 13.0. The smallest absolute Gasteiger partial charge is 0.406 e. The summed E-state index contributed by atoms with van der Waals surface area (Å²) in [6, 6.07) is 10.6. The Morgan fingerprint density at radius 3 is 2.28 bits per heavy atom. The van der Waals surface area contributed by atoms with Crippen LogP contribution in [-0.4, -0.2) is 18.2 Å². The second kappa shape index (κ2) is 7.56. The Labute approximate surface area is 141 Å². The van der Waals surface area contributed by atoms with Crippen molar-refractivity contribution in [3.8, 4) is 5.75 Å². The largest absolute Gasteiger partial charge is 0.573 e. The van der Waals surface area contributed by atoms with Gasteiger partial charge in [-0.25, -0.2) is 4.79 Å². The molecular weight excluding hydrogens is 339 g/mol. The number of halogens is 3. The SMILES string of the molecule is CC(=O)c1cccc(NC(=O)NNc2ccc(OC(F)(F)F)cc2)c1. The fourth-order valence-corrected chi connectivity index (χ4v) is 1.85. The first-order chi connectivity index (χ1) is 11.7. The van der Waals surface area contributed by atoms with Crippen LogP contribution >= 0.6 is 0 Å². The van der Waals surface area contributed by atoms with Gasteiger partial charge in [0.2, 0.25) is 0 Å². The van der Waals surface area contributed by atoms with Crippen molar-refractivity contribution in [3.05, 3.63) is 54.1 Å². The van der Waals surface area contributed by atoms with Crippen LogP contribution in [0.1, 0.15) is 17.3 Å². The van der Waals surface area contributed by atoms with Crippen LogP contribution < -0.4 is 20.9 Å². The number of urea groups is 1. The number of nitrogens with one attached hydrogen (secondary N) is 3. The van der Waals surface area contributed by atoms with Crippen molar-refractivity contribution in [3.63, 3.8) is 0 Å². The fraction of sp³-hybridized carbons (Fsp3) is 0.125. The van der Waals surface area contributed by atoms with Crippen LogP contribution in [0, 0.1) is 0 Å². The van der Waals surface area contributed by atoms with E-state index in [2.05, 4.69) is 20.9 Å². The summed E-state index contributed by atoms with van der Waals surface area (Å²) in [4.78, 5) is 23.1. The molecule has 0 aliphatic heterocycles. The Morgan fingerprint density at radius 2 is 1.68 bits per heavy atom. The summed E-state index contributed by atoms with van der Waals surface area (Å²) in [7, 11) is 0. The van der Waals surface area contributed by atoms with Crippen molar-refractivity contribution < 1.29 is 27.5 Å². The Kier molecular flexibility index (Phi) is 5.48. The van der Waals surface area contributed by atoms with Crippen molar-refractivity contribution in [1.82, 2.24) is 5.43 Å². The van der Waals surface area contributed by atoms with Gasteiger partial charge in [-0.1, -0.05) is 12.1 Å². The number of amides is 2. The van der Waals surface area contributed by atoms with Crippen LogP contribution in [-0.2, 0) is 0 Å². The molecule has 0 atom stereocenters. The van der Waals surface area contributed by atoms with Gasteiger partial charge < -0.3 is 10.1 Å². The zero-order chi connectivity index (χ0) is 18.4. The van der Waals surface area contributed by atoms with Gasteiger partial charge in [-0.05, 0) is 43.3 Å².